The summed E-state index contributed by atoms with van der Waals surface area (Å²) >= 11 is 0. The molecule has 0 amide bonds. The highest BCUT2D eigenvalue weighted by atomic mass is 28.3. The standard InChI is InChI=1S/C9H19O3Si/c1-5-7-13(12-9(4)10)11-8(3)6-2/h8H,5-7H2,1-4H3. The van der Waals surface area contributed by atoms with Crippen molar-refractivity contribution in [1.29, 1.82) is 0 Å². The lowest BCUT2D eigenvalue weighted by Crippen LogP contribution is -2.28. The molecule has 0 aromatic heterocycles. The summed E-state index contributed by atoms with van der Waals surface area (Å²) in [5.41, 5.74) is 0. The molecule has 3 nitrogen and oxygen atoms in total. The van der Waals surface area contributed by atoms with E-state index in [0.717, 1.165) is 18.9 Å². The van der Waals surface area contributed by atoms with Gasteiger partial charge in [-0.15, -0.1) is 0 Å². The van der Waals surface area contributed by atoms with Gasteiger partial charge in [-0.05, 0) is 13.3 Å². The molecule has 0 aliphatic rings. The van der Waals surface area contributed by atoms with Crippen LogP contribution in [-0.2, 0) is 13.6 Å². The molecule has 1 atom stereocenters. The average Bonchev–Trinajstić information content (AvgIpc) is 2.03. The van der Waals surface area contributed by atoms with Crippen LogP contribution < -0.4 is 0 Å². The summed E-state index contributed by atoms with van der Waals surface area (Å²) in [6.45, 7) is 7.56. The van der Waals surface area contributed by atoms with Crippen molar-refractivity contribution in [2.75, 3.05) is 0 Å². The fourth-order valence-electron chi connectivity index (χ4n) is 0.806. The zero-order chi connectivity index (χ0) is 10.3. The van der Waals surface area contributed by atoms with E-state index in [-0.39, 0.29) is 12.1 Å². The number of carbonyl (C=O) groups excluding carboxylic acids is 1. The van der Waals surface area contributed by atoms with Gasteiger partial charge in [0.2, 0.25) is 0 Å². The van der Waals surface area contributed by atoms with Crippen LogP contribution in [0.1, 0.15) is 40.5 Å². The molecular formula is C9H19O3Si. The Hall–Kier alpha value is -0.353. The second-order valence-corrected chi connectivity index (χ2v) is 4.74. The molecule has 1 radical (unpaired) electrons. The van der Waals surface area contributed by atoms with E-state index in [1.807, 2.05) is 6.92 Å². The van der Waals surface area contributed by atoms with Gasteiger partial charge in [-0.1, -0.05) is 20.3 Å². The first kappa shape index (κ1) is 12.6. The van der Waals surface area contributed by atoms with E-state index in [1.165, 1.54) is 6.92 Å². The van der Waals surface area contributed by atoms with E-state index in [2.05, 4.69) is 13.8 Å². The van der Waals surface area contributed by atoms with Gasteiger partial charge in [-0.25, -0.2) is 0 Å². The first-order valence-corrected chi connectivity index (χ1v) is 6.33. The van der Waals surface area contributed by atoms with E-state index in [4.69, 9.17) is 8.85 Å². The highest BCUT2D eigenvalue weighted by Crippen LogP contribution is 2.06. The maximum absolute atomic E-state index is 10.7. The van der Waals surface area contributed by atoms with Gasteiger partial charge in [-0.3, -0.25) is 4.79 Å². The molecule has 0 aromatic rings. The van der Waals surface area contributed by atoms with E-state index in [1.54, 1.807) is 0 Å². The van der Waals surface area contributed by atoms with E-state index >= 15 is 0 Å². The van der Waals surface area contributed by atoms with Gasteiger partial charge in [0.05, 0.1) is 0 Å². The van der Waals surface area contributed by atoms with Crippen LogP contribution in [-0.4, -0.2) is 21.4 Å². The minimum atomic E-state index is -1.36. The Bertz CT molecular complexity index is 150. The first-order valence-electron chi connectivity index (χ1n) is 4.81. The van der Waals surface area contributed by atoms with Crippen molar-refractivity contribution in [2.45, 2.75) is 52.7 Å². The molecule has 77 valence electrons. The predicted molar refractivity (Wildman–Crippen MR) is 53.5 cm³/mol. The summed E-state index contributed by atoms with van der Waals surface area (Å²) < 4.78 is 10.7. The Morgan fingerprint density at radius 1 is 1.46 bits per heavy atom. The summed E-state index contributed by atoms with van der Waals surface area (Å²) in [6.07, 6.45) is 2.15. The molecule has 0 saturated carbocycles. The molecule has 0 saturated heterocycles. The Morgan fingerprint density at radius 2 is 2.08 bits per heavy atom. The van der Waals surface area contributed by atoms with Crippen LogP contribution in [0.2, 0.25) is 6.04 Å². The van der Waals surface area contributed by atoms with E-state index < -0.39 is 9.28 Å². The van der Waals surface area contributed by atoms with Crippen molar-refractivity contribution < 1.29 is 13.6 Å². The van der Waals surface area contributed by atoms with Gasteiger partial charge < -0.3 is 8.85 Å². The van der Waals surface area contributed by atoms with Crippen molar-refractivity contribution in [1.82, 2.24) is 0 Å². The van der Waals surface area contributed by atoms with Crippen molar-refractivity contribution >= 4 is 15.3 Å². The Kier molecular flexibility index (Phi) is 6.90. The molecule has 0 bridgehead atoms. The molecule has 0 fully saturated rings. The third-order valence-electron chi connectivity index (χ3n) is 1.62. The van der Waals surface area contributed by atoms with Crippen LogP contribution in [0.25, 0.3) is 0 Å². The molecule has 0 heterocycles. The molecule has 0 spiro atoms. The second kappa shape index (κ2) is 7.09. The maximum atomic E-state index is 10.7. The SMILES string of the molecule is CCC[Si](OC(C)=O)OC(C)CC. The van der Waals surface area contributed by atoms with Crippen molar-refractivity contribution in [3.63, 3.8) is 0 Å². The lowest BCUT2D eigenvalue weighted by atomic mass is 10.3. The molecule has 1 unspecified atom stereocenters. The van der Waals surface area contributed by atoms with Crippen LogP contribution in [0, 0.1) is 0 Å². The highest BCUT2D eigenvalue weighted by molar-refractivity contribution is 6.46. The third-order valence-corrected chi connectivity index (χ3v) is 3.71. The van der Waals surface area contributed by atoms with Gasteiger partial charge >= 0.3 is 9.28 Å². The zero-order valence-electron chi connectivity index (χ0n) is 8.92. The molecule has 4 heteroatoms. The van der Waals surface area contributed by atoms with Gasteiger partial charge in [0.15, 0.2) is 0 Å². The van der Waals surface area contributed by atoms with Crippen molar-refractivity contribution in [3.8, 4) is 0 Å². The number of hydrogen-bond acceptors (Lipinski definition) is 3. The van der Waals surface area contributed by atoms with Gasteiger partial charge in [0.25, 0.3) is 5.97 Å². The Balaban J connectivity index is 3.85. The summed E-state index contributed by atoms with van der Waals surface area (Å²) in [5, 5.41) is 0. The minimum Gasteiger partial charge on any atom is -0.492 e. The number of carbonyl (C=O) groups is 1. The van der Waals surface area contributed by atoms with Crippen molar-refractivity contribution in [3.05, 3.63) is 0 Å². The second-order valence-electron chi connectivity index (χ2n) is 3.05. The first-order chi connectivity index (χ1) is 6.10. The molecule has 0 aliphatic carbocycles. The zero-order valence-corrected chi connectivity index (χ0v) is 9.92. The lowest BCUT2D eigenvalue weighted by Gasteiger charge is -2.17. The maximum Gasteiger partial charge on any atom is 0.460 e. The summed E-state index contributed by atoms with van der Waals surface area (Å²) in [6, 6.07) is 0.870. The monoisotopic (exact) mass is 203 g/mol. The fourth-order valence-corrected chi connectivity index (χ4v) is 2.42. The molecule has 0 aliphatic heterocycles. The molecule has 0 rings (SSSR count). The third kappa shape index (κ3) is 6.78. The Labute approximate surface area is 82.3 Å². The molecule has 0 N–H and O–H groups in total. The Morgan fingerprint density at radius 3 is 2.46 bits per heavy atom. The van der Waals surface area contributed by atoms with Crippen LogP contribution in [0.3, 0.4) is 0 Å². The minimum absolute atomic E-state index is 0.194. The molecule has 13 heavy (non-hydrogen) atoms. The normalized spacial score (nSPS) is 13.0. The van der Waals surface area contributed by atoms with Gasteiger partial charge in [0, 0.05) is 19.1 Å². The average molecular weight is 203 g/mol. The van der Waals surface area contributed by atoms with Gasteiger partial charge in [-0.2, -0.15) is 0 Å². The topological polar surface area (TPSA) is 35.5 Å². The summed E-state index contributed by atoms with van der Waals surface area (Å²) in [4.78, 5) is 10.7. The van der Waals surface area contributed by atoms with E-state index in [0.29, 0.717) is 0 Å². The lowest BCUT2D eigenvalue weighted by molar-refractivity contribution is -0.133. The van der Waals surface area contributed by atoms with Crippen LogP contribution >= 0.6 is 0 Å². The number of hydrogen-bond donors (Lipinski definition) is 0. The number of rotatable bonds is 6. The smallest absolute Gasteiger partial charge is 0.460 e. The van der Waals surface area contributed by atoms with Crippen LogP contribution in [0.5, 0.6) is 0 Å². The highest BCUT2D eigenvalue weighted by Gasteiger charge is 2.20. The van der Waals surface area contributed by atoms with Crippen molar-refractivity contribution in [2.24, 2.45) is 0 Å². The molecular weight excluding hydrogens is 184 g/mol. The predicted octanol–water partition coefficient (Wildman–Crippen LogP) is 2.26. The summed E-state index contributed by atoms with van der Waals surface area (Å²) in [7, 11) is -1.36. The van der Waals surface area contributed by atoms with Crippen LogP contribution in [0.4, 0.5) is 0 Å². The summed E-state index contributed by atoms with van der Waals surface area (Å²) in [5.74, 6) is -0.231. The largest absolute Gasteiger partial charge is 0.492 e. The van der Waals surface area contributed by atoms with Gasteiger partial charge in [0.1, 0.15) is 0 Å². The quantitative estimate of drug-likeness (QED) is 0.621. The molecule has 0 aromatic carbocycles. The van der Waals surface area contributed by atoms with Crippen LogP contribution in [0.15, 0.2) is 0 Å². The van der Waals surface area contributed by atoms with E-state index in [9.17, 15) is 4.79 Å². The fraction of sp³-hybridized carbons (Fsp3) is 0.889.